The number of methoxy groups -OCH3 is 1. The molecule has 0 bridgehead atoms. The fourth-order valence-corrected chi connectivity index (χ4v) is 3.75. The standard InChI is InChI=1S/C22H30N6OS.HI/c1-16-26-27-20(28(16)4)14-24-21(23-13-17-8-10-18(29-5)11-9-17)25-15-22(2,3)19-7-6-12-30-19;/h6-12H,13-15H2,1-5H3,(H2,23,24,25);1H. The maximum absolute atomic E-state index is 5.23. The Morgan fingerprint density at radius 3 is 2.48 bits per heavy atom. The summed E-state index contributed by atoms with van der Waals surface area (Å²) < 4.78 is 7.21. The van der Waals surface area contributed by atoms with Crippen LogP contribution >= 0.6 is 35.3 Å². The molecule has 0 fully saturated rings. The first-order valence-corrected chi connectivity index (χ1v) is 10.8. The summed E-state index contributed by atoms with van der Waals surface area (Å²) in [4.78, 5) is 6.13. The van der Waals surface area contributed by atoms with E-state index >= 15 is 0 Å². The lowest BCUT2D eigenvalue weighted by molar-refractivity contribution is 0.414. The minimum absolute atomic E-state index is 0. The third kappa shape index (κ3) is 6.93. The number of aliphatic imine (C=N–C) groups is 1. The number of hydrogen-bond donors (Lipinski definition) is 2. The van der Waals surface area contributed by atoms with Crippen molar-refractivity contribution in [1.29, 1.82) is 0 Å². The molecule has 2 heterocycles. The molecule has 3 aromatic rings. The van der Waals surface area contributed by atoms with Crippen LogP contribution in [-0.4, -0.2) is 34.4 Å². The van der Waals surface area contributed by atoms with Crippen molar-refractivity contribution >= 4 is 41.3 Å². The predicted molar refractivity (Wildman–Crippen MR) is 137 cm³/mol. The highest BCUT2D eigenvalue weighted by molar-refractivity contribution is 14.0. The van der Waals surface area contributed by atoms with Crippen LogP contribution in [0, 0.1) is 6.92 Å². The van der Waals surface area contributed by atoms with E-state index in [0.29, 0.717) is 13.1 Å². The van der Waals surface area contributed by atoms with E-state index in [1.165, 1.54) is 4.88 Å². The fraction of sp³-hybridized carbons (Fsp3) is 0.409. The van der Waals surface area contributed by atoms with Crippen molar-refractivity contribution in [3.63, 3.8) is 0 Å². The molecule has 0 aliphatic carbocycles. The van der Waals surface area contributed by atoms with Gasteiger partial charge in [0.15, 0.2) is 11.8 Å². The van der Waals surface area contributed by atoms with Gasteiger partial charge >= 0.3 is 0 Å². The maximum Gasteiger partial charge on any atom is 0.192 e. The summed E-state index contributed by atoms with van der Waals surface area (Å²) in [5.41, 5.74) is 1.11. The quantitative estimate of drug-likeness (QED) is 0.250. The van der Waals surface area contributed by atoms with E-state index in [9.17, 15) is 0 Å². The molecule has 0 unspecified atom stereocenters. The minimum atomic E-state index is -0.00189. The molecular weight excluding hydrogens is 523 g/mol. The van der Waals surface area contributed by atoms with Crippen LogP contribution in [-0.2, 0) is 25.6 Å². The summed E-state index contributed by atoms with van der Waals surface area (Å²) in [6.45, 7) is 8.29. The average molecular weight is 555 g/mol. The number of halogens is 1. The Morgan fingerprint density at radius 2 is 1.90 bits per heavy atom. The van der Waals surface area contributed by atoms with Crippen LogP contribution in [0.5, 0.6) is 5.75 Å². The smallest absolute Gasteiger partial charge is 0.192 e. The monoisotopic (exact) mass is 554 g/mol. The Hall–Kier alpha value is -2.14. The third-order valence-electron chi connectivity index (χ3n) is 5.06. The molecule has 168 valence electrons. The van der Waals surface area contributed by atoms with Gasteiger partial charge in [-0.3, -0.25) is 0 Å². The lowest BCUT2D eigenvalue weighted by atomic mass is 9.91. The molecule has 0 amide bonds. The van der Waals surface area contributed by atoms with Gasteiger partial charge in [0.25, 0.3) is 0 Å². The zero-order valence-corrected chi connectivity index (χ0v) is 21.8. The lowest BCUT2D eigenvalue weighted by Crippen LogP contribution is -2.43. The van der Waals surface area contributed by atoms with Crippen LogP contribution in [0.25, 0.3) is 0 Å². The molecule has 31 heavy (non-hydrogen) atoms. The van der Waals surface area contributed by atoms with Gasteiger partial charge in [-0.25, -0.2) is 4.99 Å². The van der Waals surface area contributed by atoms with Crippen molar-refractivity contribution < 1.29 is 4.74 Å². The van der Waals surface area contributed by atoms with Crippen molar-refractivity contribution in [2.75, 3.05) is 13.7 Å². The van der Waals surface area contributed by atoms with Gasteiger partial charge in [-0.05, 0) is 36.1 Å². The van der Waals surface area contributed by atoms with Crippen LogP contribution in [0.4, 0.5) is 0 Å². The highest BCUT2D eigenvalue weighted by atomic mass is 127. The molecule has 2 aromatic heterocycles. The maximum atomic E-state index is 5.23. The van der Waals surface area contributed by atoms with Crippen LogP contribution in [0.2, 0.25) is 0 Å². The number of aromatic nitrogens is 3. The van der Waals surface area contributed by atoms with Gasteiger partial charge in [0.2, 0.25) is 0 Å². The summed E-state index contributed by atoms with van der Waals surface area (Å²) in [5, 5.41) is 17.4. The molecule has 0 aliphatic heterocycles. The molecule has 0 aliphatic rings. The van der Waals surface area contributed by atoms with E-state index in [-0.39, 0.29) is 29.4 Å². The number of benzene rings is 1. The van der Waals surface area contributed by atoms with Crippen LogP contribution in [0.3, 0.4) is 0 Å². The zero-order valence-electron chi connectivity index (χ0n) is 18.7. The van der Waals surface area contributed by atoms with Crippen molar-refractivity contribution in [2.24, 2.45) is 12.0 Å². The molecule has 7 nitrogen and oxygen atoms in total. The highest BCUT2D eigenvalue weighted by Gasteiger charge is 2.22. The minimum Gasteiger partial charge on any atom is -0.497 e. The van der Waals surface area contributed by atoms with Crippen LogP contribution < -0.4 is 15.4 Å². The largest absolute Gasteiger partial charge is 0.497 e. The second kappa shape index (κ2) is 11.5. The van der Waals surface area contributed by atoms with Gasteiger partial charge in [0.05, 0.1) is 20.2 Å². The molecule has 2 N–H and O–H groups in total. The van der Waals surface area contributed by atoms with Gasteiger partial charge in [-0.1, -0.05) is 32.0 Å². The van der Waals surface area contributed by atoms with Crippen LogP contribution in [0.15, 0.2) is 46.8 Å². The first-order valence-electron chi connectivity index (χ1n) is 9.93. The molecule has 0 atom stereocenters. The Kier molecular flexibility index (Phi) is 9.30. The molecule has 0 saturated carbocycles. The number of aryl methyl sites for hydroxylation is 1. The molecule has 0 radical (unpaired) electrons. The third-order valence-corrected chi connectivity index (χ3v) is 6.30. The Balaban J connectivity index is 0.00000341. The summed E-state index contributed by atoms with van der Waals surface area (Å²) in [6, 6.07) is 12.2. The summed E-state index contributed by atoms with van der Waals surface area (Å²) in [5.74, 6) is 3.34. The van der Waals surface area contributed by atoms with E-state index in [2.05, 4.69) is 52.2 Å². The number of hydrogen-bond acceptors (Lipinski definition) is 5. The lowest BCUT2D eigenvalue weighted by Gasteiger charge is -2.25. The Labute approximate surface area is 205 Å². The molecule has 9 heteroatoms. The molecular formula is C22H31IN6OS. The summed E-state index contributed by atoms with van der Waals surface area (Å²) >= 11 is 1.78. The highest BCUT2D eigenvalue weighted by Crippen LogP contribution is 2.26. The zero-order chi connectivity index (χ0) is 21.6. The second-order valence-corrected chi connectivity index (χ2v) is 8.75. The molecule has 0 saturated heterocycles. The topological polar surface area (TPSA) is 76.4 Å². The fourth-order valence-electron chi connectivity index (χ4n) is 2.90. The van der Waals surface area contributed by atoms with E-state index in [0.717, 1.165) is 35.5 Å². The number of nitrogens with one attached hydrogen (secondary N) is 2. The van der Waals surface area contributed by atoms with Gasteiger partial charge in [0, 0.05) is 23.9 Å². The SMILES string of the molecule is COc1ccc(CN=C(NCc2nnc(C)n2C)NCC(C)(C)c2cccs2)cc1.I. The van der Waals surface area contributed by atoms with Crippen molar-refractivity contribution in [3.8, 4) is 5.75 Å². The molecule has 0 spiro atoms. The van der Waals surface area contributed by atoms with E-state index in [1.807, 2.05) is 42.8 Å². The number of rotatable bonds is 8. The average Bonchev–Trinajstić information content (AvgIpc) is 3.40. The Morgan fingerprint density at radius 1 is 1.16 bits per heavy atom. The van der Waals surface area contributed by atoms with E-state index < -0.39 is 0 Å². The normalized spacial score (nSPS) is 11.7. The van der Waals surface area contributed by atoms with Crippen molar-refractivity contribution in [3.05, 3.63) is 63.9 Å². The number of ether oxygens (including phenoxy) is 1. The number of thiophene rings is 1. The van der Waals surface area contributed by atoms with Crippen molar-refractivity contribution in [2.45, 2.75) is 39.3 Å². The van der Waals surface area contributed by atoms with Crippen molar-refractivity contribution in [1.82, 2.24) is 25.4 Å². The second-order valence-electron chi connectivity index (χ2n) is 7.80. The van der Waals surface area contributed by atoms with Gasteiger partial charge < -0.3 is 19.9 Å². The van der Waals surface area contributed by atoms with Gasteiger partial charge in [-0.2, -0.15) is 0 Å². The Bertz CT molecular complexity index is 967. The summed E-state index contributed by atoms with van der Waals surface area (Å²) in [7, 11) is 3.64. The first kappa shape index (κ1) is 25.1. The summed E-state index contributed by atoms with van der Waals surface area (Å²) in [6.07, 6.45) is 0. The molecule has 1 aromatic carbocycles. The van der Waals surface area contributed by atoms with Crippen LogP contribution in [0.1, 0.15) is 35.9 Å². The predicted octanol–water partition coefficient (Wildman–Crippen LogP) is 4.02. The number of guanidine groups is 1. The van der Waals surface area contributed by atoms with E-state index in [1.54, 1.807) is 18.4 Å². The van der Waals surface area contributed by atoms with E-state index in [4.69, 9.17) is 9.73 Å². The molecule has 3 rings (SSSR count). The first-order chi connectivity index (χ1) is 14.4. The van der Waals surface area contributed by atoms with Gasteiger partial charge in [-0.15, -0.1) is 45.5 Å². The van der Waals surface area contributed by atoms with Gasteiger partial charge in [0.1, 0.15) is 11.6 Å². The number of nitrogens with zero attached hydrogens (tertiary/aromatic N) is 4.